The van der Waals surface area contributed by atoms with Gasteiger partial charge in [0, 0.05) is 38.6 Å². The van der Waals surface area contributed by atoms with Gasteiger partial charge in [0.05, 0.1) is 16.6 Å². The Bertz CT molecular complexity index is 2250. The maximum atomic E-state index is 14.9. The summed E-state index contributed by atoms with van der Waals surface area (Å²) in [5, 5.41) is 11.1. The SMILES string of the molecule is C=C(C)c1ccnc(-c2[c-]c(-c3cccc4c3nc(-c3cc(F)ccc3O)n4-c3cc(C(C)(C)C)cc(C(C)(C)C)c3)cc(C(C)(C)C)c2)c1.[Pt]. The van der Waals surface area contributed by atoms with E-state index in [9.17, 15) is 9.50 Å². The van der Waals surface area contributed by atoms with E-state index >= 15 is 0 Å². The first-order valence-corrected chi connectivity index (χ1v) is 17.2. The van der Waals surface area contributed by atoms with Gasteiger partial charge in [0.2, 0.25) is 0 Å². The van der Waals surface area contributed by atoms with E-state index in [2.05, 4.69) is 122 Å². The second-order valence-corrected chi connectivity index (χ2v) is 16.5. The minimum Gasteiger partial charge on any atom is -0.507 e. The Morgan fingerprint density at radius 2 is 1.35 bits per heavy atom. The van der Waals surface area contributed by atoms with Gasteiger partial charge in [-0.25, -0.2) is 9.37 Å². The molecule has 4 aromatic carbocycles. The van der Waals surface area contributed by atoms with E-state index in [0.717, 1.165) is 55.8 Å². The third kappa shape index (κ3) is 7.65. The number of pyridine rings is 1. The fraction of sp³-hybridized carbons (Fsp3) is 0.289. The molecule has 1 N–H and O–H groups in total. The summed E-state index contributed by atoms with van der Waals surface area (Å²) in [6, 6.07) is 28.8. The van der Waals surface area contributed by atoms with Crippen molar-refractivity contribution in [1.29, 1.82) is 0 Å². The van der Waals surface area contributed by atoms with E-state index in [4.69, 9.17) is 9.97 Å². The van der Waals surface area contributed by atoms with Gasteiger partial charge in [-0.05, 0) is 82.3 Å². The van der Waals surface area contributed by atoms with Crippen LogP contribution in [0.3, 0.4) is 0 Å². The van der Waals surface area contributed by atoms with Crippen LogP contribution in [0.5, 0.6) is 5.75 Å². The zero-order valence-electron chi connectivity index (χ0n) is 31.3. The minimum absolute atomic E-state index is 0. The number of halogens is 1. The van der Waals surface area contributed by atoms with Crippen molar-refractivity contribution in [3.63, 3.8) is 0 Å². The van der Waals surface area contributed by atoms with Gasteiger partial charge in [-0.1, -0.05) is 110 Å². The molecule has 0 unspecified atom stereocenters. The average molecular weight is 860 g/mol. The van der Waals surface area contributed by atoms with Crippen molar-refractivity contribution in [3.05, 3.63) is 126 Å². The molecule has 51 heavy (non-hydrogen) atoms. The van der Waals surface area contributed by atoms with Crippen LogP contribution in [0.25, 0.3) is 56.1 Å². The topological polar surface area (TPSA) is 50.9 Å². The van der Waals surface area contributed by atoms with Crippen LogP contribution >= 0.6 is 0 Å². The van der Waals surface area contributed by atoms with Crippen molar-refractivity contribution in [3.8, 4) is 45.2 Å². The van der Waals surface area contributed by atoms with E-state index in [1.165, 1.54) is 29.3 Å². The summed E-state index contributed by atoms with van der Waals surface area (Å²) in [4.78, 5) is 9.97. The van der Waals surface area contributed by atoms with E-state index in [1.807, 2.05) is 31.3 Å². The molecular formula is C45H47FN3OPt-. The fourth-order valence-electron chi connectivity index (χ4n) is 6.18. The van der Waals surface area contributed by atoms with Crippen LogP contribution in [0.1, 0.15) is 91.5 Å². The molecule has 0 aliphatic rings. The summed E-state index contributed by atoms with van der Waals surface area (Å²) in [5.74, 6) is -0.0336. The van der Waals surface area contributed by atoms with Gasteiger partial charge in [0.1, 0.15) is 17.4 Å². The number of phenols is 1. The van der Waals surface area contributed by atoms with Crippen LogP contribution in [0.4, 0.5) is 4.39 Å². The molecule has 0 bridgehead atoms. The molecule has 2 heterocycles. The summed E-state index contributed by atoms with van der Waals surface area (Å²) in [6.45, 7) is 26.0. The smallest absolute Gasteiger partial charge is 0.148 e. The van der Waals surface area contributed by atoms with Crippen molar-refractivity contribution in [2.45, 2.75) is 85.5 Å². The molecule has 6 heteroatoms. The van der Waals surface area contributed by atoms with Gasteiger partial charge >= 0.3 is 0 Å². The van der Waals surface area contributed by atoms with Crippen molar-refractivity contribution < 1.29 is 30.6 Å². The zero-order valence-corrected chi connectivity index (χ0v) is 33.5. The molecule has 6 aromatic rings. The molecule has 0 aliphatic heterocycles. The number of allylic oxidation sites excluding steroid dienone is 1. The molecular weight excluding hydrogens is 813 g/mol. The van der Waals surface area contributed by atoms with Gasteiger partial charge in [0.25, 0.3) is 0 Å². The quantitative estimate of drug-likeness (QED) is 0.176. The Balaban J connectivity index is 0.00000504. The Morgan fingerprint density at radius 1 is 0.745 bits per heavy atom. The Kier molecular flexibility index (Phi) is 10.1. The molecule has 0 saturated carbocycles. The predicted octanol–water partition coefficient (Wildman–Crippen LogP) is 12.0. The average Bonchev–Trinajstić information content (AvgIpc) is 3.44. The van der Waals surface area contributed by atoms with Crippen molar-refractivity contribution in [2.24, 2.45) is 0 Å². The van der Waals surface area contributed by atoms with Gasteiger partial charge in [0.15, 0.2) is 0 Å². The number of phenolic OH excluding ortho intramolecular Hbond substituents is 1. The van der Waals surface area contributed by atoms with Crippen LogP contribution in [-0.4, -0.2) is 19.6 Å². The second kappa shape index (κ2) is 13.7. The molecule has 4 nitrogen and oxygen atoms in total. The predicted molar refractivity (Wildman–Crippen MR) is 206 cm³/mol. The summed E-state index contributed by atoms with van der Waals surface area (Å²) < 4.78 is 16.9. The normalized spacial score (nSPS) is 12.2. The first-order chi connectivity index (χ1) is 23.3. The number of hydrogen-bond donors (Lipinski definition) is 1. The second-order valence-electron chi connectivity index (χ2n) is 16.5. The molecule has 0 saturated heterocycles. The summed E-state index contributed by atoms with van der Waals surface area (Å²) in [7, 11) is 0. The number of benzene rings is 4. The number of aromatic hydroxyl groups is 1. The Morgan fingerprint density at radius 3 is 1.96 bits per heavy atom. The van der Waals surface area contributed by atoms with Crippen molar-refractivity contribution in [2.75, 3.05) is 0 Å². The fourth-order valence-corrected chi connectivity index (χ4v) is 6.18. The van der Waals surface area contributed by atoms with Crippen LogP contribution in [0, 0.1) is 11.9 Å². The van der Waals surface area contributed by atoms with Crippen LogP contribution in [0.2, 0.25) is 0 Å². The van der Waals surface area contributed by atoms with E-state index in [-0.39, 0.29) is 43.1 Å². The van der Waals surface area contributed by atoms with Crippen molar-refractivity contribution in [1.82, 2.24) is 14.5 Å². The molecule has 0 atom stereocenters. The van der Waals surface area contributed by atoms with Gasteiger partial charge < -0.3 is 5.11 Å². The van der Waals surface area contributed by atoms with E-state index < -0.39 is 5.82 Å². The number of nitrogens with zero attached hydrogens (tertiary/aromatic N) is 3. The first kappa shape index (κ1) is 37.9. The van der Waals surface area contributed by atoms with Gasteiger partial charge in [-0.15, -0.1) is 29.3 Å². The molecule has 0 radical (unpaired) electrons. The third-order valence-electron chi connectivity index (χ3n) is 9.35. The van der Waals surface area contributed by atoms with Gasteiger partial charge in [-0.2, -0.15) is 0 Å². The number of hydrogen-bond acceptors (Lipinski definition) is 3. The molecule has 6 rings (SSSR count). The van der Waals surface area contributed by atoms with E-state index in [0.29, 0.717) is 11.4 Å². The van der Waals surface area contributed by atoms with Gasteiger partial charge in [-0.3, -0.25) is 9.55 Å². The standard InChI is InChI=1S/C45H47FN3O.Pt/c1-27(2)28-17-18-47-38(22-28)30-19-29(20-31(21-30)43(3,4)5)36-13-12-14-39-41(36)48-42(37-26-34(46)15-16-40(37)50)49(39)35-24-32(44(6,7)8)23-33(25-35)45(9,10)11;/h12-18,20-26,50H,1H2,2-11H3;/q-1;. The number of rotatable bonds is 5. The first-order valence-electron chi connectivity index (χ1n) is 17.2. The summed E-state index contributed by atoms with van der Waals surface area (Å²) >= 11 is 0. The number of fused-ring (bicyclic) bond motifs is 1. The van der Waals surface area contributed by atoms with Crippen LogP contribution < -0.4 is 0 Å². The Hall–Kier alpha value is -4.34. The maximum Gasteiger partial charge on any atom is 0.148 e. The van der Waals surface area contributed by atoms with E-state index in [1.54, 1.807) is 0 Å². The number of imidazole rings is 1. The molecule has 0 spiro atoms. The van der Waals surface area contributed by atoms with Crippen LogP contribution in [-0.2, 0) is 37.3 Å². The molecule has 266 valence electrons. The molecule has 0 fully saturated rings. The molecule has 2 aromatic heterocycles. The third-order valence-corrected chi connectivity index (χ3v) is 9.35. The maximum absolute atomic E-state index is 14.9. The molecule has 0 aliphatic carbocycles. The van der Waals surface area contributed by atoms with Crippen LogP contribution in [0.15, 0.2) is 91.6 Å². The number of para-hydroxylation sites is 1. The summed E-state index contributed by atoms with van der Waals surface area (Å²) in [6.07, 6.45) is 1.81. The van der Waals surface area contributed by atoms with Crippen molar-refractivity contribution >= 4 is 16.6 Å². The largest absolute Gasteiger partial charge is 0.507 e. The Labute approximate surface area is 316 Å². The number of aromatic nitrogens is 3. The summed E-state index contributed by atoms with van der Waals surface area (Å²) in [5.41, 5.74) is 11.3. The zero-order chi connectivity index (χ0) is 36.3. The molecule has 0 amide bonds. The minimum atomic E-state index is -0.448. The monoisotopic (exact) mass is 859 g/mol.